The van der Waals surface area contributed by atoms with Crippen molar-refractivity contribution in [2.45, 2.75) is 84.5 Å². The van der Waals surface area contributed by atoms with Gasteiger partial charge in [-0.05, 0) is 98.4 Å². The van der Waals surface area contributed by atoms with Gasteiger partial charge in [0.15, 0.2) is 0 Å². The Bertz CT molecular complexity index is 912. The van der Waals surface area contributed by atoms with E-state index in [1.165, 1.54) is 0 Å². The highest BCUT2D eigenvalue weighted by atomic mass is 16.5. The number of hydrogen-bond acceptors (Lipinski definition) is 7. The van der Waals surface area contributed by atoms with Crippen molar-refractivity contribution in [1.29, 1.82) is 0 Å². The molecule has 1 aliphatic rings. The molecule has 1 heterocycles. The van der Waals surface area contributed by atoms with Crippen LogP contribution >= 0.6 is 0 Å². The highest BCUT2D eigenvalue weighted by molar-refractivity contribution is 5.99. The van der Waals surface area contributed by atoms with Gasteiger partial charge in [-0.2, -0.15) is 0 Å². The van der Waals surface area contributed by atoms with Crippen molar-refractivity contribution in [3.8, 4) is 5.75 Å². The van der Waals surface area contributed by atoms with E-state index in [4.69, 9.17) is 9.47 Å². The van der Waals surface area contributed by atoms with Crippen LogP contribution < -0.4 is 10.1 Å². The van der Waals surface area contributed by atoms with Gasteiger partial charge in [0.05, 0.1) is 30.4 Å². The van der Waals surface area contributed by atoms with Gasteiger partial charge in [0.2, 0.25) is 5.91 Å². The Morgan fingerprint density at radius 3 is 2.62 bits per heavy atom. The van der Waals surface area contributed by atoms with E-state index in [-0.39, 0.29) is 36.5 Å². The number of rotatable bonds is 11. The second-order valence-electron chi connectivity index (χ2n) is 11.7. The molecule has 0 bridgehead atoms. The first-order valence-electron chi connectivity index (χ1n) is 15.0. The molecule has 40 heavy (non-hydrogen) atoms. The maximum absolute atomic E-state index is 14.1. The smallest absolute Gasteiger partial charge is 0.258 e. The molecule has 2 N–H and O–H groups in total. The quantitative estimate of drug-likeness (QED) is 0.419. The number of amides is 2. The number of hydrogen-bond donors (Lipinski definition) is 2. The van der Waals surface area contributed by atoms with Gasteiger partial charge in [0.1, 0.15) is 5.75 Å². The van der Waals surface area contributed by atoms with Crippen molar-refractivity contribution in [1.82, 2.24) is 14.7 Å². The third kappa shape index (κ3) is 11.4. The van der Waals surface area contributed by atoms with E-state index in [1.807, 2.05) is 32.8 Å². The monoisotopic (exact) mass is 562 g/mol. The molecule has 2 amide bonds. The molecule has 2 rings (SSSR count). The fourth-order valence-electron chi connectivity index (χ4n) is 5.02. The summed E-state index contributed by atoms with van der Waals surface area (Å²) < 4.78 is 12.7. The fourth-order valence-corrected chi connectivity index (χ4v) is 5.02. The summed E-state index contributed by atoms with van der Waals surface area (Å²) in [5, 5.41) is 13.1. The number of likely N-dealkylation sites (N-methyl/N-ethyl adjacent to an activating group) is 1. The number of carbonyl (C=O) groups is 2. The lowest BCUT2D eigenvalue weighted by molar-refractivity contribution is -0.116. The third-order valence-electron chi connectivity index (χ3n) is 7.44. The predicted octanol–water partition coefficient (Wildman–Crippen LogP) is 4.10. The SMILES string of the molecule is CCCN(C)C[C@H]1OCCCC[C@@H](C)Oc2ccc(NC(=O)CCCN(C)C)cc2C(=O)N([C@@H](C)CO)C[C@@H]1C. The van der Waals surface area contributed by atoms with E-state index < -0.39 is 6.04 Å². The molecule has 0 aliphatic carbocycles. The minimum absolute atomic E-state index is 0.0402. The molecular formula is C31H54N4O5. The zero-order chi connectivity index (χ0) is 29.7. The molecule has 1 aliphatic heterocycles. The number of fused-ring (bicyclic) bond motifs is 1. The van der Waals surface area contributed by atoms with Gasteiger partial charge in [-0.25, -0.2) is 0 Å². The van der Waals surface area contributed by atoms with Crippen LogP contribution in [0.15, 0.2) is 18.2 Å². The maximum atomic E-state index is 14.1. The molecule has 9 nitrogen and oxygen atoms in total. The number of carbonyl (C=O) groups excluding carboxylic acids is 2. The number of anilines is 1. The van der Waals surface area contributed by atoms with Gasteiger partial charge in [-0.15, -0.1) is 0 Å². The van der Waals surface area contributed by atoms with Gasteiger partial charge in [0.25, 0.3) is 5.91 Å². The van der Waals surface area contributed by atoms with Crippen LogP contribution in [0.2, 0.25) is 0 Å². The number of nitrogens with zero attached hydrogens (tertiary/aromatic N) is 3. The molecule has 0 radical (unpaired) electrons. The molecule has 228 valence electrons. The van der Waals surface area contributed by atoms with Gasteiger partial charge in [0, 0.05) is 37.7 Å². The average molecular weight is 563 g/mol. The highest BCUT2D eigenvalue weighted by Crippen LogP contribution is 2.28. The largest absolute Gasteiger partial charge is 0.490 e. The first-order chi connectivity index (χ1) is 19.0. The van der Waals surface area contributed by atoms with E-state index in [0.29, 0.717) is 36.6 Å². The zero-order valence-corrected chi connectivity index (χ0v) is 25.9. The van der Waals surface area contributed by atoms with Crippen LogP contribution in [0, 0.1) is 5.92 Å². The van der Waals surface area contributed by atoms with E-state index in [9.17, 15) is 14.7 Å². The van der Waals surface area contributed by atoms with Crippen molar-refractivity contribution in [2.24, 2.45) is 5.92 Å². The third-order valence-corrected chi connectivity index (χ3v) is 7.44. The Hall–Kier alpha value is -2.20. The molecule has 1 aromatic rings. The molecule has 9 heteroatoms. The van der Waals surface area contributed by atoms with Crippen LogP contribution in [0.1, 0.15) is 76.6 Å². The normalized spacial score (nSPS) is 22.0. The van der Waals surface area contributed by atoms with Crippen molar-refractivity contribution in [2.75, 3.05) is 65.9 Å². The molecule has 0 saturated carbocycles. The van der Waals surface area contributed by atoms with Crippen LogP contribution in [0.3, 0.4) is 0 Å². The van der Waals surface area contributed by atoms with Crippen molar-refractivity contribution < 1.29 is 24.2 Å². The summed E-state index contributed by atoms with van der Waals surface area (Å²) in [5.74, 6) is 0.230. The van der Waals surface area contributed by atoms with Crippen molar-refractivity contribution >= 4 is 17.5 Å². The number of ether oxygens (including phenoxy) is 2. The number of aliphatic hydroxyl groups excluding tert-OH is 1. The molecule has 1 aromatic carbocycles. The summed E-state index contributed by atoms with van der Waals surface area (Å²) >= 11 is 0. The van der Waals surface area contributed by atoms with Crippen LogP contribution in [0.5, 0.6) is 5.75 Å². The number of nitrogens with one attached hydrogen (secondary N) is 1. The van der Waals surface area contributed by atoms with Crippen LogP contribution in [0.25, 0.3) is 0 Å². The van der Waals surface area contributed by atoms with E-state index in [2.05, 4.69) is 31.1 Å². The molecular weight excluding hydrogens is 508 g/mol. The van der Waals surface area contributed by atoms with Crippen LogP contribution in [-0.4, -0.2) is 110 Å². The molecule has 0 aromatic heterocycles. The predicted molar refractivity (Wildman–Crippen MR) is 161 cm³/mol. The second kappa shape index (κ2) is 17.6. The minimum atomic E-state index is -0.397. The Morgan fingerprint density at radius 2 is 1.95 bits per heavy atom. The molecule has 0 fully saturated rings. The Kier molecular flexibility index (Phi) is 14.9. The molecule has 4 atom stereocenters. The van der Waals surface area contributed by atoms with Crippen molar-refractivity contribution in [3.63, 3.8) is 0 Å². The summed E-state index contributed by atoms with van der Waals surface area (Å²) in [7, 11) is 6.07. The van der Waals surface area contributed by atoms with Crippen LogP contribution in [0.4, 0.5) is 5.69 Å². The summed E-state index contributed by atoms with van der Waals surface area (Å²) in [6.07, 6.45) is 4.83. The summed E-state index contributed by atoms with van der Waals surface area (Å²) in [6, 6.07) is 4.89. The number of aliphatic hydroxyl groups is 1. The lowest BCUT2D eigenvalue weighted by atomic mass is 10.0. The van der Waals surface area contributed by atoms with Gasteiger partial charge in [-0.1, -0.05) is 13.8 Å². The van der Waals surface area contributed by atoms with Gasteiger partial charge < -0.3 is 34.6 Å². The average Bonchev–Trinajstić information content (AvgIpc) is 2.90. The van der Waals surface area contributed by atoms with E-state index in [0.717, 1.165) is 51.7 Å². The topological polar surface area (TPSA) is 94.6 Å². The first-order valence-corrected chi connectivity index (χ1v) is 15.0. The lowest BCUT2D eigenvalue weighted by Crippen LogP contribution is -2.47. The van der Waals surface area contributed by atoms with Crippen molar-refractivity contribution in [3.05, 3.63) is 23.8 Å². The second-order valence-corrected chi connectivity index (χ2v) is 11.7. The standard InChI is InChI=1S/C31H54N4O5/c1-8-16-34(7)21-29-23(2)20-35(24(3)22-36)31(38)27-19-26(32-30(37)13-11-17-33(5)6)14-15-28(27)40-25(4)12-9-10-18-39-29/h14-15,19,23-25,29,36H,8-13,16-18,20-22H2,1-7H3,(H,32,37)/t23-,24-,25+,29+/m0/s1. The maximum Gasteiger partial charge on any atom is 0.258 e. The van der Waals surface area contributed by atoms with E-state index >= 15 is 0 Å². The zero-order valence-electron chi connectivity index (χ0n) is 25.9. The summed E-state index contributed by atoms with van der Waals surface area (Å²) in [5.41, 5.74) is 0.953. The Morgan fingerprint density at radius 1 is 1.20 bits per heavy atom. The number of benzene rings is 1. The minimum Gasteiger partial charge on any atom is -0.490 e. The first kappa shape index (κ1) is 34.0. The Balaban J connectivity index is 2.39. The van der Waals surface area contributed by atoms with Crippen LogP contribution in [-0.2, 0) is 9.53 Å². The molecule has 0 saturated heterocycles. The van der Waals surface area contributed by atoms with E-state index in [1.54, 1.807) is 23.1 Å². The molecule has 0 unspecified atom stereocenters. The summed E-state index contributed by atoms with van der Waals surface area (Å²) in [6.45, 7) is 11.7. The fraction of sp³-hybridized carbons (Fsp3) is 0.742. The Labute approximate surface area is 242 Å². The highest BCUT2D eigenvalue weighted by Gasteiger charge is 2.30. The van der Waals surface area contributed by atoms with Gasteiger partial charge >= 0.3 is 0 Å². The summed E-state index contributed by atoms with van der Waals surface area (Å²) in [4.78, 5) is 32.8. The lowest BCUT2D eigenvalue weighted by Gasteiger charge is -2.35. The molecule has 0 spiro atoms. The van der Waals surface area contributed by atoms with Gasteiger partial charge in [-0.3, -0.25) is 9.59 Å².